The summed E-state index contributed by atoms with van der Waals surface area (Å²) in [5, 5.41) is 0. The average molecular weight is 362 g/mol. The molecular weight excluding hydrogens is 332 g/mol. The largest absolute Gasteiger partial charge is 0.497 e. The molecule has 0 saturated carbocycles. The molecule has 0 aromatic heterocycles. The van der Waals surface area contributed by atoms with Crippen molar-refractivity contribution in [3.8, 4) is 11.5 Å². The summed E-state index contributed by atoms with van der Waals surface area (Å²) in [5.41, 5.74) is 0.521. The van der Waals surface area contributed by atoms with E-state index in [4.69, 9.17) is 9.47 Å². The molecule has 6 heteroatoms. The number of nitrogens with zero attached hydrogens (tertiary/aromatic N) is 2. The molecule has 2 amide bonds. The fourth-order valence-corrected chi connectivity index (χ4v) is 3.38. The van der Waals surface area contributed by atoms with Crippen LogP contribution in [0.25, 0.3) is 0 Å². The van der Waals surface area contributed by atoms with Crippen molar-refractivity contribution in [2.75, 3.05) is 40.4 Å². The number of carbonyl (C=O) groups excluding carboxylic acids is 2. The molecule has 6 nitrogen and oxygen atoms in total. The van der Waals surface area contributed by atoms with Gasteiger partial charge in [0.2, 0.25) is 5.91 Å². The predicted molar refractivity (Wildman–Crippen MR) is 101 cm³/mol. The molecule has 1 aromatic carbocycles. The predicted octanol–water partition coefficient (Wildman–Crippen LogP) is 2.81. The first kappa shape index (κ1) is 20.1. The van der Waals surface area contributed by atoms with Crippen LogP contribution in [0.3, 0.4) is 0 Å². The van der Waals surface area contributed by atoms with Crippen molar-refractivity contribution in [3.63, 3.8) is 0 Å². The van der Waals surface area contributed by atoms with Gasteiger partial charge in [0.15, 0.2) is 0 Å². The fraction of sp³-hybridized carbons (Fsp3) is 0.600. The minimum Gasteiger partial charge on any atom is -0.497 e. The van der Waals surface area contributed by atoms with Crippen LogP contribution in [0.2, 0.25) is 0 Å². The van der Waals surface area contributed by atoms with E-state index in [-0.39, 0.29) is 17.7 Å². The Hall–Kier alpha value is -2.24. The summed E-state index contributed by atoms with van der Waals surface area (Å²) >= 11 is 0. The first-order valence-corrected chi connectivity index (χ1v) is 9.35. The van der Waals surface area contributed by atoms with E-state index in [0.717, 1.165) is 19.3 Å². The lowest BCUT2D eigenvalue weighted by molar-refractivity contribution is -0.135. The molecule has 0 aliphatic carbocycles. The van der Waals surface area contributed by atoms with Crippen molar-refractivity contribution in [2.45, 2.75) is 33.1 Å². The van der Waals surface area contributed by atoms with Crippen LogP contribution in [0.1, 0.15) is 43.5 Å². The number of ether oxygens (including phenoxy) is 2. The van der Waals surface area contributed by atoms with Gasteiger partial charge in [-0.2, -0.15) is 0 Å². The van der Waals surface area contributed by atoms with Crippen LogP contribution in [-0.2, 0) is 4.79 Å². The Morgan fingerprint density at radius 2 is 1.65 bits per heavy atom. The number of methoxy groups -OCH3 is 2. The van der Waals surface area contributed by atoms with E-state index in [0.29, 0.717) is 43.2 Å². The highest BCUT2D eigenvalue weighted by atomic mass is 16.5. The highest BCUT2D eigenvalue weighted by Crippen LogP contribution is 2.26. The van der Waals surface area contributed by atoms with Gasteiger partial charge in [-0.15, -0.1) is 0 Å². The number of benzene rings is 1. The third-order valence-electron chi connectivity index (χ3n) is 5.07. The fourth-order valence-electron chi connectivity index (χ4n) is 3.38. The maximum atomic E-state index is 13.0. The van der Waals surface area contributed by atoms with Crippen LogP contribution in [0.4, 0.5) is 0 Å². The standard InChI is InChI=1S/C20H30N2O4/c1-5-15(6-2)19(23)21-10-7-11-22(13-12-21)20(24)17-9-8-16(25-3)14-18(17)26-4/h8-9,14-15H,5-7,10-13H2,1-4H3. The average Bonchev–Trinajstić information content (AvgIpc) is 2.94. The van der Waals surface area contributed by atoms with Gasteiger partial charge in [-0.3, -0.25) is 9.59 Å². The van der Waals surface area contributed by atoms with E-state index >= 15 is 0 Å². The van der Waals surface area contributed by atoms with E-state index < -0.39 is 0 Å². The van der Waals surface area contributed by atoms with Crippen LogP contribution in [0, 0.1) is 5.92 Å². The second kappa shape index (κ2) is 9.46. The van der Waals surface area contributed by atoms with Gasteiger partial charge < -0.3 is 19.3 Å². The molecule has 0 spiro atoms. The quantitative estimate of drug-likeness (QED) is 0.781. The van der Waals surface area contributed by atoms with Crippen LogP contribution >= 0.6 is 0 Å². The molecule has 0 unspecified atom stereocenters. The normalized spacial score (nSPS) is 15.0. The van der Waals surface area contributed by atoms with Crippen LogP contribution < -0.4 is 9.47 Å². The third kappa shape index (κ3) is 4.48. The molecule has 144 valence electrons. The van der Waals surface area contributed by atoms with Gasteiger partial charge in [-0.25, -0.2) is 0 Å². The van der Waals surface area contributed by atoms with E-state index in [1.54, 1.807) is 32.4 Å². The van der Waals surface area contributed by atoms with Crippen LogP contribution in [0.5, 0.6) is 11.5 Å². The van der Waals surface area contributed by atoms with Crippen LogP contribution in [-0.4, -0.2) is 62.0 Å². The second-order valence-corrected chi connectivity index (χ2v) is 6.55. The molecule has 0 bridgehead atoms. The lowest BCUT2D eigenvalue weighted by Gasteiger charge is -2.25. The lowest BCUT2D eigenvalue weighted by atomic mass is 10.0. The molecule has 1 fully saturated rings. The zero-order chi connectivity index (χ0) is 19.1. The number of hydrogen-bond acceptors (Lipinski definition) is 4. The molecule has 1 aliphatic rings. The summed E-state index contributed by atoms with van der Waals surface area (Å²) in [6.07, 6.45) is 2.51. The Kier molecular flexibility index (Phi) is 7.30. The maximum Gasteiger partial charge on any atom is 0.257 e. The Morgan fingerprint density at radius 3 is 2.27 bits per heavy atom. The third-order valence-corrected chi connectivity index (χ3v) is 5.07. The highest BCUT2D eigenvalue weighted by Gasteiger charge is 2.27. The number of rotatable bonds is 6. The second-order valence-electron chi connectivity index (χ2n) is 6.55. The monoisotopic (exact) mass is 362 g/mol. The molecule has 1 heterocycles. The SMILES string of the molecule is CCC(CC)C(=O)N1CCCN(C(=O)c2ccc(OC)cc2OC)CC1. The Morgan fingerprint density at radius 1 is 1.00 bits per heavy atom. The zero-order valence-electron chi connectivity index (χ0n) is 16.3. The molecule has 2 rings (SSSR count). The first-order valence-electron chi connectivity index (χ1n) is 9.35. The molecule has 0 N–H and O–H groups in total. The van der Waals surface area contributed by atoms with Crippen molar-refractivity contribution in [2.24, 2.45) is 5.92 Å². The van der Waals surface area contributed by atoms with E-state index in [2.05, 4.69) is 13.8 Å². The van der Waals surface area contributed by atoms with Gasteiger partial charge in [-0.05, 0) is 31.4 Å². The Bertz CT molecular complexity index is 628. The van der Waals surface area contributed by atoms with E-state index in [9.17, 15) is 9.59 Å². The first-order chi connectivity index (χ1) is 12.5. The Balaban J connectivity index is 2.09. The molecule has 0 radical (unpaired) electrons. The number of carbonyl (C=O) groups is 2. The van der Waals surface area contributed by atoms with Crippen LogP contribution in [0.15, 0.2) is 18.2 Å². The van der Waals surface area contributed by atoms with Crippen molar-refractivity contribution in [1.29, 1.82) is 0 Å². The van der Waals surface area contributed by atoms with E-state index in [1.165, 1.54) is 0 Å². The van der Waals surface area contributed by atoms with Gasteiger partial charge in [-0.1, -0.05) is 13.8 Å². The molecule has 0 atom stereocenters. The number of hydrogen-bond donors (Lipinski definition) is 0. The summed E-state index contributed by atoms with van der Waals surface area (Å²) in [6, 6.07) is 5.21. The van der Waals surface area contributed by atoms with Gasteiger partial charge in [0.05, 0.1) is 19.8 Å². The molecule has 26 heavy (non-hydrogen) atoms. The molecular formula is C20H30N2O4. The van der Waals surface area contributed by atoms with Crippen molar-refractivity contribution >= 4 is 11.8 Å². The summed E-state index contributed by atoms with van der Waals surface area (Å²) in [6.45, 7) is 6.57. The zero-order valence-corrected chi connectivity index (χ0v) is 16.3. The number of amides is 2. The highest BCUT2D eigenvalue weighted by molar-refractivity contribution is 5.97. The van der Waals surface area contributed by atoms with Gasteiger partial charge in [0, 0.05) is 38.2 Å². The van der Waals surface area contributed by atoms with Crippen molar-refractivity contribution in [1.82, 2.24) is 9.80 Å². The molecule has 1 aliphatic heterocycles. The van der Waals surface area contributed by atoms with Crippen molar-refractivity contribution < 1.29 is 19.1 Å². The molecule has 1 aromatic rings. The summed E-state index contributed by atoms with van der Waals surface area (Å²) < 4.78 is 10.6. The Labute approximate surface area is 156 Å². The summed E-state index contributed by atoms with van der Waals surface area (Å²) in [5.74, 6) is 1.38. The lowest BCUT2D eigenvalue weighted by Crippen LogP contribution is -2.39. The van der Waals surface area contributed by atoms with E-state index in [1.807, 2.05) is 9.80 Å². The maximum absolute atomic E-state index is 13.0. The minimum atomic E-state index is -0.0682. The van der Waals surface area contributed by atoms with Crippen molar-refractivity contribution in [3.05, 3.63) is 23.8 Å². The summed E-state index contributed by atoms with van der Waals surface area (Å²) in [4.78, 5) is 29.3. The topological polar surface area (TPSA) is 59.1 Å². The smallest absolute Gasteiger partial charge is 0.257 e. The van der Waals surface area contributed by atoms with Gasteiger partial charge in [0.25, 0.3) is 5.91 Å². The molecule has 1 saturated heterocycles. The van der Waals surface area contributed by atoms with Gasteiger partial charge >= 0.3 is 0 Å². The minimum absolute atomic E-state index is 0.0682. The van der Waals surface area contributed by atoms with Gasteiger partial charge in [0.1, 0.15) is 11.5 Å². The summed E-state index contributed by atoms with van der Waals surface area (Å²) in [7, 11) is 3.13.